The van der Waals surface area contributed by atoms with E-state index in [9.17, 15) is 0 Å². The second-order valence-electron chi connectivity index (χ2n) is 22.2. The molecule has 4 aromatic carbocycles. The number of aryl methyl sites for hydroxylation is 4. The van der Waals surface area contributed by atoms with Crippen molar-refractivity contribution >= 4 is 11.4 Å². The van der Waals surface area contributed by atoms with Gasteiger partial charge in [-0.15, -0.1) is 0 Å². The fourth-order valence-electron chi connectivity index (χ4n) is 11.5. The largest absolute Gasteiger partial charge is 0.399 e. The van der Waals surface area contributed by atoms with E-state index in [1.807, 2.05) is 0 Å². The van der Waals surface area contributed by atoms with Gasteiger partial charge in [-0.2, -0.15) is 0 Å². The summed E-state index contributed by atoms with van der Waals surface area (Å²) in [6, 6.07) is 32.6. The summed E-state index contributed by atoms with van der Waals surface area (Å²) in [5.41, 5.74) is 25.6. The molecule has 2 heteroatoms. The van der Waals surface area contributed by atoms with Crippen LogP contribution in [0.4, 0.5) is 11.4 Å². The molecule has 0 aliphatic heterocycles. The molecule has 2 unspecified atom stereocenters. The van der Waals surface area contributed by atoms with Crippen LogP contribution < -0.4 is 11.5 Å². The van der Waals surface area contributed by atoms with Crippen molar-refractivity contribution in [2.75, 3.05) is 11.5 Å². The molecule has 0 spiro atoms. The molecular formula is C68H108N2. The van der Waals surface area contributed by atoms with Crippen molar-refractivity contribution in [3.8, 4) is 0 Å². The Labute approximate surface area is 433 Å². The number of benzene rings is 4. The molecule has 0 bridgehead atoms. The Hall–Kier alpha value is -3.52. The maximum atomic E-state index is 6.17. The van der Waals surface area contributed by atoms with Crippen molar-refractivity contribution in [2.24, 2.45) is 0 Å². The molecule has 0 saturated carbocycles. The molecule has 0 aliphatic carbocycles. The first-order chi connectivity index (χ1) is 34.4. The van der Waals surface area contributed by atoms with E-state index in [4.69, 9.17) is 11.5 Å². The summed E-state index contributed by atoms with van der Waals surface area (Å²) in [6.07, 6.45) is 52.1. The molecule has 0 amide bonds. The maximum absolute atomic E-state index is 6.17. The van der Waals surface area contributed by atoms with E-state index in [1.54, 1.807) is 0 Å². The van der Waals surface area contributed by atoms with Crippen LogP contribution in [0.15, 0.2) is 84.9 Å². The lowest BCUT2D eigenvalue weighted by Crippen LogP contribution is -2.05. The van der Waals surface area contributed by atoms with Gasteiger partial charge in [0.05, 0.1) is 0 Å². The fourth-order valence-corrected chi connectivity index (χ4v) is 11.5. The molecule has 70 heavy (non-hydrogen) atoms. The topological polar surface area (TPSA) is 52.0 Å². The van der Waals surface area contributed by atoms with Crippen LogP contribution >= 0.6 is 0 Å². The second kappa shape index (κ2) is 38.1. The number of rotatable bonds is 43. The Morgan fingerprint density at radius 1 is 0.300 bits per heavy atom. The molecule has 0 fully saturated rings. The highest BCUT2D eigenvalue weighted by Crippen LogP contribution is 2.35. The third-order valence-electron chi connectivity index (χ3n) is 16.0. The van der Waals surface area contributed by atoms with Crippen LogP contribution in [0.5, 0.6) is 0 Å². The van der Waals surface area contributed by atoms with Crippen LogP contribution in [0.2, 0.25) is 0 Å². The lowest BCUT2D eigenvalue weighted by atomic mass is 9.84. The molecule has 0 aromatic heterocycles. The van der Waals surface area contributed by atoms with Crippen LogP contribution in [0.1, 0.15) is 301 Å². The van der Waals surface area contributed by atoms with Gasteiger partial charge in [-0.25, -0.2) is 0 Å². The van der Waals surface area contributed by atoms with Crippen LogP contribution in [0.3, 0.4) is 0 Å². The summed E-state index contributed by atoms with van der Waals surface area (Å²) >= 11 is 0. The van der Waals surface area contributed by atoms with Crippen LogP contribution in [-0.4, -0.2) is 0 Å². The zero-order valence-corrected chi connectivity index (χ0v) is 46.3. The third kappa shape index (κ3) is 25.2. The summed E-state index contributed by atoms with van der Waals surface area (Å²) < 4.78 is 0. The normalized spacial score (nSPS) is 12.5. The average Bonchev–Trinajstić information content (AvgIpc) is 3.36. The van der Waals surface area contributed by atoms with E-state index < -0.39 is 0 Å². The molecule has 2 atom stereocenters. The van der Waals surface area contributed by atoms with Crippen LogP contribution in [0, 0.1) is 13.8 Å². The second-order valence-corrected chi connectivity index (χ2v) is 22.2. The highest BCUT2D eigenvalue weighted by molar-refractivity contribution is 5.49. The van der Waals surface area contributed by atoms with Gasteiger partial charge >= 0.3 is 0 Å². The van der Waals surface area contributed by atoms with Crippen molar-refractivity contribution in [2.45, 2.75) is 284 Å². The Bertz CT molecular complexity index is 1720. The number of hydrogen-bond acceptors (Lipinski definition) is 2. The Morgan fingerprint density at radius 3 is 0.829 bits per heavy atom. The minimum absolute atomic E-state index is 0.462. The molecule has 4 rings (SSSR count). The molecule has 4 aromatic rings. The molecule has 0 saturated heterocycles. The van der Waals surface area contributed by atoms with Crippen LogP contribution in [0.25, 0.3) is 0 Å². The first-order valence-corrected chi connectivity index (χ1v) is 30.3. The van der Waals surface area contributed by atoms with E-state index >= 15 is 0 Å². The van der Waals surface area contributed by atoms with E-state index in [-0.39, 0.29) is 0 Å². The molecular weight excluding hydrogens is 845 g/mol. The number of hydrogen-bond donors (Lipinski definition) is 2. The summed E-state index contributed by atoms with van der Waals surface area (Å²) in [6.45, 7) is 9.10. The SMILES string of the molecule is CCCCCCCCCCCCC(c1ccc(CCCCCCCCCCCCCCCCc2ccc(C(CCCCCCCCCCCC)c3ccc(N)cc3C)cc2)cc1)c1ccc(N)cc1C. The smallest absolute Gasteiger partial charge is 0.0316 e. The van der Waals surface area contributed by atoms with Gasteiger partial charge in [-0.05, 0) is 121 Å². The minimum Gasteiger partial charge on any atom is -0.399 e. The summed E-state index contributed by atoms with van der Waals surface area (Å²) in [5.74, 6) is 0.924. The van der Waals surface area contributed by atoms with E-state index in [0.717, 1.165) is 11.4 Å². The van der Waals surface area contributed by atoms with Gasteiger partial charge in [-0.1, -0.05) is 280 Å². The molecule has 0 radical (unpaired) electrons. The number of anilines is 2. The zero-order chi connectivity index (χ0) is 49.7. The van der Waals surface area contributed by atoms with Crippen molar-refractivity contribution < 1.29 is 0 Å². The first-order valence-electron chi connectivity index (χ1n) is 30.3. The monoisotopic (exact) mass is 953 g/mol. The summed E-state index contributed by atoms with van der Waals surface area (Å²) in [7, 11) is 0. The van der Waals surface area contributed by atoms with E-state index in [0.29, 0.717) is 11.8 Å². The Kier molecular flexibility index (Phi) is 32.2. The van der Waals surface area contributed by atoms with Crippen molar-refractivity contribution in [1.29, 1.82) is 0 Å². The van der Waals surface area contributed by atoms with Gasteiger partial charge in [0.25, 0.3) is 0 Å². The van der Waals surface area contributed by atoms with Crippen molar-refractivity contribution in [3.05, 3.63) is 129 Å². The third-order valence-corrected chi connectivity index (χ3v) is 16.0. The van der Waals surface area contributed by atoms with Gasteiger partial charge in [0.1, 0.15) is 0 Å². The van der Waals surface area contributed by atoms with Gasteiger partial charge < -0.3 is 11.5 Å². The lowest BCUT2D eigenvalue weighted by molar-refractivity contribution is 0.533. The predicted molar refractivity (Wildman–Crippen MR) is 313 cm³/mol. The van der Waals surface area contributed by atoms with Crippen molar-refractivity contribution in [3.63, 3.8) is 0 Å². The zero-order valence-electron chi connectivity index (χ0n) is 46.3. The number of nitrogen functional groups attached to an aromatic ring is 2. The van der Waals surface area contributed by atoms with E-state index in [1.165, 1.54) is 288 Å². The number of nitrogens with two attached hydrogens (primary N) is 2. The first kappa shape index (κ1) is 59.0. The Morgan fingerprint density at radius 2 is 0.557 bits per heavy atom. The predicted octanol–water partition coefficient (Wildman–Crippen LogP) is 21.6. The molecule has 4 N–H and O–H groups in total. The van der Waals surface area contributed by atoms with Gasteiger partial charge in [0.2, 0.25) is 0 Å². The summed E-state index contributed by atoms with van der Waals surface area (Å²) in [5, 5.41) is 0. The molecule has 0 heterocycles. The van der Waals surface area contributed by atoms with E-state index in [2.05, 4.69) is 113 Å². The minimum atomic E-state index is 0.462. The van der Waals surface area contributed by atoms with Gasteiger partial charge in [0.15, 0.2) is 0 Å². The van der Waals surface area contributed by atoms with Gasteiger partial charge in [-0.3, -0.25) is 0 Å². The summed E-state index contributed by atoms with van der Waals surface area (Å²) in [4.78, 5) is 0. The quantitative estimate of drug-likeness (QED) is 0.0343. The number of unbranched alkanes of at least 4 members (excludes halogenated alkanes) is 31. The van der Waals surface area contributed by atoms with Crippen LogP contribution in [-0.2, 0) is 12.8 Å². The Balaban J connectivity index is 1.01. The molecule has 0 aliphatic rings. The molecule has 2 nitrogen and oxygen atoms in total. The average molecular weight is 954 g/mol. The maximum Gasteiger partial charge on any atom is 0.0316 e. The van der Waals surface area contributed by atoms with Crippen molar-refractivity contribution in [1.82, 2.24) is 0 Å². The highest BCUT2D eigenvalue weighted by atomic mass is 14.5. The molecule has 390 valence electrons. The van der Waals surface area contributed by atoms with Gasteiger partial charge in [0, 0.05) is 23.2 Å². The highest BCUT2D eigenvalue weighted by Gasteiger charge is 2.18. The standard InChI is InChI=1S/C68H108N2/c1-5-7-9-11-13-15-25-29-33-37-41-67(65-53-51-63(69)55-57(65)3)61-47-43-59(44-48-61)39-35-31-27-23-21-19-17-18-20-22-24-28-32-36-40-60-45-49-62(50-46-60)68(66-54-52-64(70)56-58(66)4)42-38-34-30-26-16-14-12-10-8-6-2/h43-56,67-68H,5-42,69-70H2,1-4H3. The lowest BCUT2D eigenvalue weighted by Gasteiger charge is -2.21. The fraction of sp³-hybridized carbons (Fsp3) is 0.647.